The molecule has 0 fully saturated rings. The lowest BCUT2D eigenvalue weighted by molar-refractivity contribution is 0.00719. The van der Waals surface area contributed by atoms with Crippen LogP contribution in [-0.2, 0) is 11.2 Å². The van der Waals surface area contributed by atoms with Crippen LogP contribution in [0.2, 0.25) is 0 Å². The number of benzene rings is 1. The summed E-state index contributed by atoms with van der Waals surface area (Å²) in [7, 11) is 1.66. The van der Waals surface area contributed by atoms with E-state index >= 15 is 0 Å². The van der Waals surface area contributed by atoms with Crippen LogP contribution in [0.5, 0.6) is 0 Å². The summed E-state index contributed by atoms with van der Waals surface area (Å²) in [4.78, 5) is 0. The van der Waals surface area contributed by atoms with Crippen LogP contribution in [0.4, 0.5) is 8.78 Å². The molecule has 0 spiro atoms. The summed E-state index contributed by atoms with van der Waals surface area (Å²) in [6.07, 6.45) is 1.18. The lowest BCUT2D eigenvalue weighted by Crippen LogP contribution is -2.39. The predicted molar refractivity (Wildman–Crippen MR) is 73.2 cm³/mol. The van der Waals surface area contributed by atoms with Crippen molar-refractivity contribution in [2.45, 2.75) is 45.3 Å². The number of halogens is 2. The van der Waals surface area contributed by atoms with Crippen LogP contribution < -0.4 is 5.32 Å². The molecule has 0 aromatic heterocycles. The third-order valence-electron chi connectivity index (χ3n) is 3.28. The average Bonchev–Trinajstić information content (AvgIpc) is 2.35. The van der Waals surface area contributed by atoms with Gasteiger partial charge in [-0.25, -0.2) is 8.78 Å². The standard InChI is InChI=1S/C15H23F2NO/c1-5-18-12(10-15(2,3)19-4)9-11-7-6-8-13(16)14(11)17/h6-8,12,18H,5,9-10H2,1-4H3. The van der Waals surface area contributed by atoms with E-state index in [2.05, 4.69) is 5.32 Å². The number of hydrogen-bond donors (Lipinski definition) is 1. The minimum absolute atomic E-state index is 0.0521. The Bertz CT molecular complexity index is 407. The monoisotopic (exact) mass is 271 g/mol. The van der Waals surface area contributed by atoms with Gasteiger partial charge >= 0.3 is 0 Å². The molecule has 1 aromatic rings. The second kappa shape index (κ2) is 6.96. The Kier molecular flexibility index (Phi) is 5.88. The predicted octanol–water partition coefficient (Wildman–Crippen LogP) is 3.30. The lowest BCUT2D eigenvalue weighted by Gasteiger charge is -2.29. The maximum Gasteiger partial charge on any atom is 0.162 e. The van der Waals surface area contributed by atoms with Crippen molar-refractivity contribution >= 4 is 0 Å². The smallest absolute Gasteiger partial charge is 0.162 e. The van der Waals surface area contributed by atoms with Gasteiger partial charge in [0.1, 0.15) is 0 Å². The SMILES string of the molecule is CCNC(Cc1cccc(F)c1F)CC(C)(C)OC. The van der Waals surface area contributed by atoms with Crippen LogP contribution in [0.25, 0.3) is 0 Å². The van der Waals surface area contributed by atoms with Crippen molar-refractivity contribution in [2.24, 2.45) is 0 Å². The summed E-state index contributed by atoms with van der Waals surface area (Å²) >= 11 is 0. The number of nitrogens with one attached hydrogen (secondary N) is 1. The number of methoxy groups -OCH3 is 1. The highest BCUT2D eigenvalue weighted by Crippen LogP contribution is 2.20. The van der Waals surface area contributed by atoms with E-state index in [-0.39, 0.29) is 11.6 Å². The largest absolute Gasteiger partial charge is 0.379 e. The van der Waals surface area contributed by atoms with Crippen LogP contribution in [0, 0.1) is 11.6 Å². The molecule has 0 saturated carbocycles. The zero-order chi connectivity index (χ0) is 14.5. The molecule has 0 radical (unpaired) electrons. The molecule has 0 bridgehead atoms. The Morgan fingerprint density at radius 2 is 2.00 bits per heavy atom. The molecule has 0 saturated heterocycles. The highest BCUT2D eigenvalue weighted by Gasteiger charge is 2.23. The van der Waals surface area contributed by atoms with Crippen molar-refractivity contribution < 1.29 is 13.5 Å². The second-order valence-electron chi connectivity index (χ2n) is 5.34. The van der Waals surface area contributed by atoms with Gasteiger partial charge in [0.15, 0.2) is 11.6 Å². The van der Waals surface area contributed by atoms with E-state index in [9.17, 15) is 8.78 Å². The third-order valence-corrected chi connectivity index (χ3v) is 3.28. The van der Waals surface area contributed by atoms with Crippen molar-refractivity contribution in [2.75, 3.05) is 13.7 Å². The van der Waals surface area contributed by atoms with Gasteiger partial charge in [-0.05, 0) is 44.9 Å². The zero-order valence-corrected chi connectivity index (χ0v) is 12.1. The number of likely N-dealkylation sites (N-methyl/N-ethyl adjacent to an activating group) is 1. The average molecular weight is 271 g/mol. The summed E-state index contributed by atoms with van der Waals surface area (Å²) in [5, 5.41) is 3.30. The minimum Gasteiger partial charge on any atom is -0.379 e. The van der Waals surface area contributed by atoms with Gasteiger partial charge in [0.05, 0.1) is 5.60 Å². The number of ether oxygens (including phenoxy) is 1. The molecule has 0 heterocycles. The molecule has 108 valence electrons. The van der Waals surface area contributed by atoms with Gasteiger partial charge in [0.25, 0.3) is 0 Å². The van der Waals surface area contributed by atoms with Gasteiger partial charge in [-0.3, -0.25) is 0 Å². The number of hydrogen-bond acceptors (Lipinski definition) is 2. The highest BCUT2D eigenvalue weighted by atomic mass is 19.2. The molecule has 4 heteroatoms. The Labute approximate surface area is 114 Å². The first-order chi connectivity index (χ1) is 8.89. The van der Waals surface area contributed by atoms with E-state index in [0.29, 0.717) is 12.0 Å². The van der Waals surface area contributed by atoms with Gasteiger partial charge in [-0.1, -0.05) is 19.1 Å². The molecule has 0 amide bonds. The third kappa shape index (κ3) is 4.88. The highest BCUT2D eigenvalue weighted by molar-refractivity contribution is 5.20. The van der Waals surface area contributed by atoms with E-state index in [0.717, 1.165) is 19.0 Å². The Hall–Kier alpha value is -1.00. The van der Waals surface area contributed by atoms with Crippen LogP contribution >= 0.6 is 0 Å². The van der Waals surface area contributed by atoms with Crippen molar-refractivity contribution in [3.63, 3.8) is 0 Å². The molecule has 1 aromatic carbocycles. The Morgan fingerprint density at radius 1 is 1.32 bits per heavy atom. The van der Waals surface area contributed by atoms with Crippen LogP contribution in [0.3, 0.4) is 0 Å². The molecule has 1 atom stereocenters. The van der Waals surface area contributed by atoms with Gasteiger partial charge in [-0.15, -0.1) is 0 Å². The minimum atomic E-state index is -0.793. The lowest BCUT2D eigenvalue weighted by atomic mass is 9.93. The first kappa shape index (κ1) is 16.1. The molecule has 1 rings (SSSR count). The Morgan fingerprint density at radius 3 is 2.58 bits per heavy atom. The second-order valence-corrected chi connectivity index (χ2v) is 5.34. The summed E-state index contributed by atoms with van der Waals surface area (Å²) < 4.78 is 32.3. The topological polar surface area (TPSA) is 21.3 Å². The van der Waals surface area contributed by atoms with Crippen LogP contribution in [0.15, 0.2) is 18.2 Å². The van der Waals surface area contributed by atoms with Gasteiger partial charge < -0.3 is 10.1 Å². The molecule has 1 unspecified atom stereocenters. The van der Waals surface area contributed by atoms with Crippen LogP contribution in [-0.4, -0.2) is 25.3 Å². The van der Waals surface area contributed by atoms with Crippen molar-refractivity contribution in [1.82, 2.24) is 5.32 Å². The van der Waals surface area contributed by atoms with E-state index in [1.54, 1.807) is 13.2 Å². The molecule has 0 aliphatic rings. The van der Waals surface area contributed by atoms with E-state index in [1.165, 1.54) is 6.07 Å². The summed E-state index contributed by atoms with van der Waals surface area (Å²) in [6, 6.07) is 4.36. The van der Waals surface area contributed by atoms with Crippen molar-refractivity contribution in [3.8, 4) is 0 Å². The summed E-state index contributed by atoms with van der Waals surface area (Å²) in [5.74, 6) is -1.54. The molecule has 19 heavy (non-hydrogen) atoms. The van der Waals surface area contributed by atoms with Gasteiger partial charge in [-0.2, -0.15) is 0 Å². The first-order valence-corrected chi connectivity index (χ1v) is 6.61. The maximum atomic E-state index is 13.7. The molecular weight excluding hydrogens is 248 g/mol. The molecule has 0 aliphatic carbocycles. The van der Waals surface area contributed by atoms with Gasteiger partial charge in [0, 0.05) is 13.2 Å². The fourth-order valence-electron chi connectivity index (χ4n) is 2.15. The summed E-state index contributed by atoms with van der Waals surface area (Å²) in [5.41, 5.74) is 0.106. The van der Waals surface area contributed by atoms with Crippen LogP contribution in [0.1, 0.15) is 32.8 Å². The normalized spacial score (nSPS) is 13.6. The molecule has 2 nitrogen and oxygen atoms in total. The fraction of sp³-hybridized carbons (Fsp3) is 0.600. The maximum absolute atomic E-state index is 13.7. The van der Waals surface area contributed by atoms with E-state index in [1.807, 2.05) is 20.8 Å². The quantitative estimate of drug-likeness (QED) is 0.821. The van der Waals surface area contributed by atoms with Crippen molar-refractivity contribution in [1.29, 1.82) is 0 Å². The summed E-state index contributed by atoms with van der Waals surface area (Å²) in [6.45, 7) is 6.74. The molecule has 1 N–H and O–H groups in total. The fourth-order valence-corrected chi connectivity index (χ4v) is 2.15. The Balaban J connectivity index is 2.81. The zero-order valence-electron chi connectivity index (χ0n) is 12.1. The van der Waals surface area contributed by atoms with Crippen molar-refractivity contribution in [3.05, 3.63) is 35.4 Å². The first-order valence-electron chi connectivity index (χ1n) is 6.61. The number of rotatable bonds is 7. The van der Waals surface area contributed by atoms with Gasteiger partial charge in [0.2, 0.25) is 0 Å². The molecular formula is C15H23F2NO. The van der Waals surface area contributed by atoms with E-state index < -0.39 is 11.6 Å². The molecule has 0 aliphatic heterocycles. The van der Waals surface area contributed by atoms with E-state index in [4.69, 9.17) is 4.74 Å².